The maximum Gasteiger partial charge on any atom is 0.326 e. The van der Waals surface area contributed by atoms with Crippen molar-refractivity contribution in [2.24, 2.45) is 0 Å². The molecule has 1 saturated heterocycles. The Bertz CT molecular complexity index is 731. The molecule has 1 aliphatic rings. The molecule has 0 radical (unpaired) electrons. The van der Waals surface area contributed by atoms with Gasteiger partial charge in [-0.3, -0.25) is 4.79 Å². The van der Waals surface area contributed by atoms with E-state index < -0.39 is 12.0 Å². The molecule has 2 atom stereocenters. The summed E-state index contributed by atoms with van der Waals surface area (Å²) in [7, 11) is 1.53. The predicted molar refractivity (Wildman–Crippen MR) is 89.2 cm³/mol. The number of carboxylic acids is 1. The van der Waals surface area contributed by atoms with Gasteiger partial charge in [0.15, 0.2) is 0 Å². The van der Waals surface area contributed by atoms with Crippen LogP contribution in [-0.2, 0) is 16.0 Å². The molecule has 24 heavy (non-hydrogen) atoms. The largest absolute Gasteiger partial charge is 0.480 e. The van der Waals surface area contributed by atoms with Gasteiger partial charge in [0.2, 0.25) is 0 Å². The van der Waals surface area contributed by atoms with Gasteiger partial charge in [0.1, 0.15) is 11.7 Å². The first-order valence-electron chi connectivity index (χ1n) is 7.63. The number of rotatable bonds is 5. The number of aliphatic carboxylic acids is 1. The van der Waals surface area contributed by atoms with E-state index in [1.165, 1.54) is 23.3 Å². The van der Waals surface area contributed by atoms with Crippen LogP contribution in [-0.4, -0.2) is 52.7 Å². The van der Waals surface area contributed by atoms with Crippen LogP contribution < -0.4 is 0 Å². The highest BCUT2D eigenvalue weighted by molar-refractivity contribution is 7.09. The van der Waals surface area contributed by atoms with Gasteiger partial charge in [0.05, 0.1) is 11.1 Å². The molecular formula is C17H18N2O4S. The van der Waals surface area contributed by atoms with E-state index in [9.17, 15) is 14.7 Å². The second kappa shape index (κ2) is 7.11. The minimum absolute atomic E-state index is 0.252. The van der Waals surface area contributed by atoms with E-state index in [0.29, 0.717) is 18.5 Å². The Morgan fingerprint density at radius 1 is 1.38 bits per heavy atom. The average molecular weight is 346 g/mol. The Morgan fingerprint density at radius 3 is 2.79 bits per heavy atom. The van der Waals surface area contributed by atoms with Gasteiger partial charge < -0.3 is 14.7 Å². The minimum Gasteiger partial charge on any atom is -0.480 e. The Balaban J connectivity index is 1.74. The smallest absolute Gasteiger partial charge is 0.326 e. The monoisotopic (exact) mass is 346 g/mol. The third-order valence-corrected chi connectivity index (χ3v) is 4.96. The van der Waals surface area contributed by atoms with Crippen molar-refractivity contribution in [2.45, 2.75) is 25.0 Å². The van der Waals surface area contributed by atoms with Crippen molar-refractivity contribution in [1.82, 2.24) is 9.88 Å². The second-order valence-corrected chi connectivity index (χ2v) is 6.64. The van der Waals surface area contributed by atoms with Crippen molar-refractivity contribution < 1.29 is 19.4 Å². The molecule has 0 spiro atoms. The van der Waals surface area contributed by atoms with Crippen molar-refractivity contribution in [3.8, 4) is 0 Å². The van der Waals surface area contributed by atoms with E-state index in [0.717, 1.165) is 10.6 Å². The van der Waals surface area contributed by atoms with Crippen molar-refractivity contribution in [3.63, 3.8) is 0 Å². The SMILES string of the molecule is COC1CC(C(=O)O)N(C(=O)c2csc(Cc3ccccc3)n2)C1. The van der Waals surface area contributed by atoms with Crippen molar-refractivity contribution >= 4 is 23.2 Å². The molecule has 1 aromatic carbocycles. The van der Waals surface area contributed by atoms with Crippen LogP contribution in [0.2, 0.25) is 0 Å². The lowest BCUT2D eigenvalue weighted by molar-refractivity contribution is -0.141. The Kier molecular flexibility index (Phi) is 4.92. The van der Waals surface area contributed by atoms with Crippen LogP contribution in [0.15, 0.2) is 35.7 Å². The van der Waals surface area contributed by atoms with Gasteiger partial charge in [-0.2, -0.15) is 0 Å². The van der Waals surface area contributed by atoms with Crippen molar-refractivity contribution in [2.75, 3.05) is 13.7 Å². The number of amides is 1. The van der Waals surface area contributed by atoms with Crippen LogP contribution >= 0.6 is 11.3 Å². The first-order chi connectivity index (χ1) is 11.6. The number of benzene rings is 1. The van der Waals surface area contributed by atoms with Crippen LogP contribution in [0.25, 0.3) is 0 Å². The fraction of sp³-hybridized carbons (Fsp3) is 0.353. The van der Waals surface area contributed by atoms with E-state index >= 15 is 0 Å². The molecule has 2 unspecified atom stereocenters. The maximum absolute atomic E-state index is 12.6. The number of aromatic nitrogens is 1. The average Bonchev–Trinajstić information content (AvgIpc) is 3.22. The molecule has 0 bridgehead atoms. The first kappa shape index (κ1) is 16.6. The highest BCUT2D eigenvalue weighted by Crippen LogP contribution is 2.24. The van der Waals surface area contributed by atoms with Gasteiger partial charge in [-0.15, -0.1) is 11.3 Å². The van der Waals surface area contributed by atoms with E-state index in [4.69, 9.17) is 4.74 Å². The van der Waals surface area contributed by atoms with E-state index in [2.05, 4.69) is 4.98 Å². The Labute approximate surface area is 143 Å². The third-order valence-electron chi connectivity index (χ3n) is 4.11. The van der Waals surface area contributed by atoms with Crippen LogP contribution in [0.1, 0.15) is 27.5 Å². The molecule has 2 aromatic rings. The summed E-state index contributed by atoms with van der Waals surface area (Å²) in [6.45, 7) is 0.276. The molecule has 126 valence electrons. The minimum atomic E-state index is -1.01. The number of ether oxygens (including phenoxy) is 1. The molecule has 1 aliphatic heterocycles. The number of thiazole rings is 1. The van der Waals surface area contributed by atoms with E-state index in [-0.39, 0.29) is 18.6 Å². The molecule has 7 heteroatoms. The standard InChI is InChI=1S/C17H18N2O4S/c1-23-12-8-14(17(21)22)19(9-12)16(20)13-10-24-15(18-13)7-11-5-3-2-4-6-11/h2-6,10,12,14H,7-9H2,1H3,(H,21,22). The molecule has 1 aromatic heterocycles. The lowest BCUT2D eigenvalue weighted by Gasteiger charge is -2.19. The fourth-order valence-corrected chi connectivity index (χ4v) is 3.64. The number of methoxy groups -OCH3 is 1. The molecular weight excluding hydrogens is 328 g/mol. The number of carbonyl (C=O) groups is 2. The highest BCUT2D eigenvalue weighted by Gasteiger charge is 2.40. The molecule has 2 heterocycles. The summed E-state index contributed by atoms with van der Waals surface area (Å²) in [6, 6.07) is 9.02. The number of carboxylic acid groups (broad SMARTS) is 1. The normalized spacial score (nSPS) is 20.3. The fourth-order valence-electron chi connectivity index (χ4n) is 2.83. The summed E-state index contributed by atoms with van der Waals surface area (Å²) in [5.41, 5.74) is 1.42. The molecule has 1 N–H and O–H groups in total. The van der Waals surface area contributed by atoms with Gasteiger partial charge in [-0.1, -0.05) is 30.3 Å². The maximum atomic E-state index is 12.6. The third kappa shape index (κ3) is 3.47. The molecule has 0 aliphatic carbocycles. The van der Waals surface area contributed by atoms with Gasteiger partial charge in [-0.25, -0.2) is 9.78 Å². The number of carbonyl (C=O) groups excluding carboxylic acids is 1. The summed E-state index contributed by atoms with van der Waals surface area (Å²) in [6.07, 6.45) is 0.706. The summed E-state index contributed by atoms with van der Waals surface area (Å²) in [5, 5.41) is 11.9. The summed E-state index contributed by atoms with van der Waals surface area (Å²) >= 11 is 1.41. The van der Waals surface area contributed by atoms with Crippen molar-refractivity contribution in [1.29, 1.82) is 0 Å². The summed E-state index contributed by atoms with van der Waals surface area (Å²) in [5.74, 6) is -1.36. The zero-order valence-electron chi connectivity index (χ0n) is 13.2. The molecule has 3 rings (SSSR count). The second-order valence-electron chi connectivity index (χ2n) is 5.69. The van der Waals surface area contributed by atoms with Gasteiger partial charge in [-0.05, 0) is 5.56 Å². The lowest BCUT2D eigenvalue weighted by atomic mass is 10.2. The number of hydrogen-bond donors (Lipinski definition) is 1. The van der Waals surface area contributed by atoms with Gasteiger partial charge >= 0.3 is 5.97 Å². The number of hydrogen-bond acceptors (Lipinski definition) is 5. The Morgan fingerprint density at radius 2 is 2.12 bits per heavy atom. The summed E-state index contributed by atoms with van der Waals surface area (Å²) < 4.78 is 5.22. The number of likely N-dealkylation sites (tertiary alicyclic amines) is 1. The quantitative estimate of drug-likeness (QED) is 0.896. The van der Waals surface area contributed by atoms with Gasteiger partial charge in [0, 0.05) is 31.9 Å². The van der Waals surface area contributed by atoms with Crippen LogP contribution in [0, 0.1) is 0 Å². The van der Waals surface area contributed by atoms with Crippen LogP contribution in [0.5, 0.6) is 0 Å². The van der Waals surface area contributed by atoms with E-state index in [1.807, 2.05) is 30.3 Å². The predicted octanol–water partition coefficient (Wildman–Crippen LogP) is 2.05. The zero-order chi connectivity index (χ0) is 17.1. The van der Waals surface area contributed by atoms with Crippen molar-refractivity contribution in [3.05, 3.63) is 52.0 Å². The molecule has 1 fully saturated rings. The van der Waals surface area contributed by atoms with Crippen LogP contribution in [0.4, 0.5) is 0 Å². The molecule has 1 amide bonds. The first-order valence-corrected chi connectivity index (χ1v) is 8.51. The van der Waals surface area contributed by atoms with Gasteiger partial charge in [0.25, 0.3) is 5.91 Å². The lowest BCUT2D eigenvalue weighted by Crippen LogP contribution is -2.40. The highest BCUT2D eigenvalue weighted by atomic mass is 32.1. The molecule has 0 saturated carbocycles. The Hall–Kier alpha value is -2.25. The topological polar surface area (TPSA) is 79.7 Å². The zero-order valence-corrected chi connectivity index (χ0v) is 14.0. The number of nitrogens with zero attached hydrogens (tertiary/aromatic N) is 2. The van der Waals surface area contributed by atoms with E-state index in [1.54, 1.807) is 5.38 Å². The summed E-state index contributed by atoms with van der Waals surface area (Å²) in [4.78, 5) is 29.8. The molecule has 6 nitrogen and oxygen atoms in total. The van der Waals surface area contributed by atoms with Crippen LogP contribution in [0.3, 0.4) is 0 Å².